The Morgan fingerprint density at radius 3 is 2.29 bits per heavy atom. The number of nitriles is 1. The van der Waals surface area contributed by atoms with Crippen LogP contribution in [0.15, 0.2) is 29.2 Å². The Morgan fingerprint density at radius 1 is 1.38 bits per heavy atom. The van der Waals surface area contributed by atoms with Gasteiger partial charge < -0.3 is 4.74 Å². The van der Waals surface area contributed by atoms with Crippen molar-refractivity contribution in [1.29, 1.82) is 5.26 Å². The maximum absolute atomic E-state index is 12.4. The molecule has 1 aromatic rings. The van der Waals surface area contributed by atoms with E-state index in [0.717, 1.165) is 24.3 Å². The van der Waals surface area contributed by atoms with Crippen LogP contribution >= 0.6 is 0 Å². The van der Waals surface area contributed by atoms with Crippen LogP contribution in [0.25, 0.3) is 0 Å². The monoisotopic (exact) mass is 317 g/mol. The van der Waals surface area contributed by atoms with E-state index >= 15 is 0 Å². The number of halogens is 2. The van der Waals surface area contributed by atoms with Gasteiger partial charge in [0, 0.05) is 0 Å². The van der Waals surface area contributed by atoms with Gasteiger partial charge in [0.05, 0.1) is 17.6 Å². The van der Waals surface area contributed by atoms with Crippen molar-refractivity contribution >= 4 is 15.8 Å². The van der Waals surface area contributed by atoms with Crippen molar-refractivity contribution < 1.29 is 26.7 Å². The van der Waals surface area contributed by atoms with Crippen LogP contribution in [-0.4, -0.2) is 26.8 Å². The van der Waals surface area contributed by atoms with Gasteiger partial charge in [-0.25, -0.2) is 13.2 Å². The number of ether oxygens (including phenoxy) is 1. The van der Waals surface area contributed by atoms with Crippen molar-refractivity contribution in [2.75, 3.05) is 6.61 Å². The molecule has 8 heteroatoms. The summed E-state index contributed by atoms with van der Waals surface area (Å²) in [5, 5.41) is 9.16. The summed E-state index contributed by atoms with van der Waals surface area (Å²) in [6, 6.07) is 5.96. The van der Waals surface area contributed by atoms with Gasteiger partial charge in [0.25, 0.3) is 0 Å². The largest absolute Gasteiger partial charge is 0.465 e. The molecular weight excluding hydrogens is 304 g/mol. The molecule has 1 rings (SSSR count). The molecule has 0 aliphatic heterocycles. The van der Waals surface area contributed by atoms with E-state index in [-0.39, 0.29) is 12.2 Å². The zero-order valence-electron chi connectivity index (χ0n) is 11.3. The summed E-state index contributed by atoms with van der Waals surface area (Å²) in [6.07, 6.45) is 0. The first kappa shape index (κ1) is 17.0. The molecular formula is C13H13F2NO4S. The molecule has 0 saturated heterocycles. The molecule has 1 atom stereocenters. The van der Waals surface area contributed by atoms with Crippen molar-refractivity contribution in [2.45, 2.75) is 29.9 Å². The summed E-state index contributed by atoms with van der Waals surface area (Å²) in [5.41, 5.74) is -1.47. The van der Waals surface area contributed by atoms with E-state index in [4.69, 9.17) is 10.00 Å². The minimum absolute atomic E-state index is 0.0773. The van der Waals surface area contributed by atoms with Gasteiger partial charge in [-0.05, 0) is 31.5 Å². The predicted molar refractivity (Wildman–Crippen MR) is 69.2 cm³/mol. The molecule has 5 nitrogen and oxygen atoms in total. The van der Waals surface area contributed by atoms with Crippen molar-refractivity contribution in [3.8, 4) is 6.07 Å². The third-order valence-corrected chi connectivity index (χ3v) is 4.30. The van der Waals surface area contributed by atoms with Gasteiger partial charge in [-0.1, -0.05) is 12.1 Å². The first-order valence-corrected chi connectivity index (χ1v) is 7.45. The normalized spacial score (nSPS) is 14.3. The van der Waals surface area contributed by atoms with Crippen LogP contribution in [0, 0.1) is 11.3 Å². The van der Waals surface area contributed by atoms with Gasteiger partial charge in [0.1, 0.15) is 0 Å². The van der Waals surface area contributed by atoms with Crippen LogP contribution in [0.4, 0.5) is 8.78 Å². The summed E-state index contributed by atoms with van der Waals surface area (Å²) in [4.78, 5) is 11.2. The minimum Gasteiger partial charge on any atom is -0.465 e. The highest BCUT2D eigenvalue weighted by Crippen LogP contribution is 2.27. The smallest absolute Gasteiger partial charge is 0.341 e. The third-order valence-electron chi connectivity index (χ3n) is 2.90. The van der Waals surface area contributed by atoms with Crippen molar-refractivity contribution in [1.82, 2.24) is 0 Å². The molecule has 0 heterocycles. The maximum Gasteiger partial charge on any atom is 0.341 e. The highest BCUT2D eigenvalue weighted by molar-refractivity contribution is 7.91. The van der Waals surface area contributed by atoms with Gasteiger partial charge >= 0.3 is 11.7 Å². The number of carbonyl (C=O) groups excluding carboxylic acids is 1. The molecule has 0 aliphatic carbocycles. The average molecular weight is 317 g/mol. The van der Waals surface area contributed by atoms with Gasteiger partial charge in [0.15, 0.2) is 5.41 Å². The molecule has 0 aromatic heterocycles. The quantitative estimate of drug-likeness (QED) is 0.776. The fourth-order valence-electron chi connectivity index (χ4n) is 1.58. The fraction of sp³-hybridized carbons (Fsp3) is 0.385. The lowest BCUT2D eigenvalue weighted by molar-refractivity contribution is -0.147. The average Bonchev–Trinajstić information content (AvgIpc) is 2.46. The lowest BCUT2D eigenvalue weighted by atomic mass is 9.84. The topological polar surface area (TPSA) is 84.2 Å². The van der Waals surface area contributed by atoms with Gasteiger partial charge in [-0.3, -0.25) is 0 Å². The van der Waals surface area contributed by atoms with Gasteiger partial charge in [-0.15, -0.1) is 0 Å². The number of nitrogens with zero attached hydrogens (tertiary/aromatic N) is 1. The number of carbonyl (C=O) groups is 1. The number of hydrogen-bond donors (Lipinski definition) is 0. The molecule has 0 spiro atoms. The van der Waals surface area contributed by atoms with Gasteiger partial charge in [0.2, 0.25) is 9.84 Å². The van der Waals surface area contributed by atoms with E-state index in [1.54, 1.807) is 13.0 Å². The first-order chi connectivity index (χ1) is 9.70. The molecule has 1 aromatic carbocycles. The standard InChI is InChI=1S/C13H13F2NO4S/c1-3-20-11(17)13(2,8-16)9-4-6-10(7-5-9)21(18,19)12(14)15/h4-7,12H,3H2,1-2H3. The number of esters is 1. The molecule has 0 aliphatic rings. The van der Waals surface area contributed by atoms with Crippen LogP contribution in [0.2, 0.25) is 0 Å². The summed E-state index contributed by atoms with van der Waals surface area (Å²) in [5.74, 6) is -4.33. The number of alkyl halides is 2. The van der Waals surface area contributed by atoms with Crippen molar-refractivity contribution in [3.63, 3.8) is 0 Å². The second kappa shape index (κ2) is 6.18. The summed E-state index contributed by atoms with van der Waals surface area (Å²) in [7, 11) is -4.71. The van der Waals surface area contributed by atoms with E-state index in [9.17, 15) is 22.0 Å². The van der Waals surface area contributed by atoms with E-state index in [0.29, 0.717) is 0 Å². The maximum atomic E-state index is 12.4. The van der Waals surface area contributed by atoms with E-state index in [1.807, 2.05) is 0 Å². The molecule has 0 saturated carbocycles. The van der Waals surface area contributed by atoms with Crippen LogP contribution in [0.3, 0.4) is 0 Å². The minimum atomic E-state index is -4.71. The summed E-state index contributed by atoms with van der Waals surface area (Å²) < 4.78 is 52.2. The number of sulfone groups is 1. The zero-order valence-corrected chi connectivity index (χ0v) is 12.2. The fourth-order valence-corrected chi connectivity index (χ4v) is 2.31. The number of rotatable bonds is 5. The lowest BCUT2D eigenvalue weighted by Gasteiger charge is -2.20. The molecule has 21 heavy (non-hydrogen) atoms. The van der Waals surface area contributed by atoms with E-state index < -0.39 is 31.9 Å². The van der Waals surface area contributed by atoms with E-state index in [1.165, 1.54) is 6.92 Å². The Kier molecular flexibility index (Phi) is 5.01. The number of hydrogen-bond acceptors (Lipinski definition) is 5. The third kappa shape index (κ3) is 3.19. The molecule has 1 unspecified atom stereocenters. The van der Waals surface area contributed by atoms with Crippen molar-refractivity contribution in [3.05, 3.63) is 29.8 Å². The summed E-state index contributed by atoms with van der Waals surface area (Å²) in [6.45, 7) is 2.96. The highest BCUT2D eigenvalue weighted by Gasteiger charge is 2.37. The second-order valence-electron chi connectivity index (χ2n) is 4.29. The van der Waals surface area contributed by atoms with Crippen LogP contribution in [0.5, 0.6) is 0 Å². The second-order valence-corrected chi connectivity index (χ2v) is 6.21. The molecule has 114 valence electrons. The Morgan fingerprint density at radius 2 is 1.90 bits per heavy atom. The van der Waals surface area contributed by atoms with Crippen LogP contribution in [0.1, 0.15) is 19.4 Å². The van der Waals surface area contributed by atoms with Crippen LogP contribution in [-0.2, 0) is 24.8 Å². The number of benzene rings is 1. The lowest BCUT2D eigenvalue weighted by Crippen LogP contribution is -2.33. The van der Waals surface area contributed by atoms with Crippen molar-refractivity contribution in [2.24, 2.45) is 0 Å². The predicted octanol–water partition coefficient (Wildman–Crippen LogP) is 2.03. The highest BCUT2D eigenvalue weighted by atomic mass is 32.2. The molecule has 0 amide bonds. The summed E-state index contributed by atoms with van der Waals surface area (Å²) >= 11 is 0. The molecule has 0 radical (unpaired) electrons. The van der Waals surface area contributed by atoms with Gasteiger partial charge in [-0.2, -0.15) is 14.0 Å². The first-order valence-electron chi connectivity index (χ1n) is 5.91. The Bertz CT molecular complexity index is 664. The Hall–Kier alpha value is -2.01. The van der Waals surface area contributed by atoms with E-state index in [2.05, 4.69) is 0 Å². The zero-order chi connectivity index (χ0) is 16.3. The Balaban J connectivity index is 3.24. The molecule has 0 N–H and O–H groups in total. The SMILES string of the molecule is CCOC(=O)C(C)(C#N)c1ccc(S(=O)(=O)C(F)F)cc1. The molecule has 0 bridgehead atoms. The molecule has 0 fully saturated rings. The van der Waals surface area contributed by atoms with Crippen LogP contribution < -0.4 is 0 Å². The Labute approximate surface area is 121 Å².